The topological polar surface area (TPSA) is 13.1 Å². The Morgan fingerprint density at radius 2 is 2.00 bits per heavy atom. The maximum atomic E-state index is 6.49. The summed E-state index contributed by atoms with van der Waals surface area (Å²) in [4.78, 5) is 0. The van der Waals surface area contributed by atoms with Crippen molar-refractivity contribution in [3.8, 4) is 0 Å². The smallest absolute Gasteiger partial charge is 0.169 e. The van der Waals surface area contributed by atoms with E-state index in [0.717, 1.165) is 15.8 Å². The molecule has 0 amide bonds. The number of halogens is 3. The summed E-state index contributed by atoms with van der Waals surface area (Å²) in [6, 6.07) is 9.89. The van der Waals surface area contributed by atoms with Crippen LogP contribution in [0.15, 0.2) is 49.3 Å². The number of hydrogen-bond acceptors (Lipinski definition) is 2. The Balaban J connectivity index is 2.12. The molecule has 0 radical (unpaired) electrons. The summed E-state index contributed by atoms with van der Waals surface area (Å²) in [7, 11) is 0. The van der Waals surface area contributed by atoms with Crippen LogP contribution in [0.1, 0.15) is 16.7 Å². The van der Waals surface area contributed by atoms with E-state index in [1.54, 1.807) is 11.3 Å². The van der Waals surface area contributed by atoms with E-state index >= 15 is 0 Å². The van der Waals surface area contributed by atoms with Crippen LogP contribution in [-0.4, -0.2) is 0 Å². The molecule has 0 saturated heterocycles. The number of benzene rings is 1. The van der Waals surface area contributed by atoms with Gasteiger partial charge < -0.3 is 4.42 Å². The van der Waals surface area contributed by atoms with Gasteiger partial charge in [-0.15, -0.1) is 22.9 Å². The summed E-state index contributed by atoms with van der Waals surface area (Å²) in [5.41, 5.74) is 1.08. The van der Waals surface area contributed by atoms with Gasteiger partial charge in [-0.25, -0.2) is 0 Å². The first-order valence-corrected chi connectivity index (χ1v) is 8.12. The van der Waals surface area contributed by atoms with Gasteiger partial charge in [0, 0.05) is 9.17 Å². The highest BCUT2D eigenvalue weighted by atomic mass is 79.9. The monoisotopic (exact) mass is 404 g/mol. The van der Waals surface area contributed by atoms with Crippen molar-refractivity contribution in [2.75, 3.05) is 0 Å². The van der Waals surface area contributed by atoms with Gasteiger partial charge in [0.05, 0.1) is 0 Å². The predicted molar refractivity (Wildman–Crippen MR) is 83.6 cm³/mol. The number of rotatable bonds is 2. The second kappa shape index (κ2) is 5.00. The van der Waals surface area contributed by atoms with E-state index in [1.165, 1.54) is 10.1 Å². The van der Waals surface area contributed by atoms with E-state index in [9.17, 15) is 0 Å². The number of hydrogen-bond donors (Lipinski definition) is 0. The standard InChI is InChI=1S/C13H7Br2ClOS/c14-9-3-1-2-7-8(6-18-13(7)9)12(16)10-4-5-11(15)17-10/h1-6,12H. The number of alkyl halides is 1. The highest BCUT2D eigenvalue weighted by Crippen LogP contribution is 2.40. The summed E-state index contributed by atoms with van der Waals surface area (Å²) in [6.45, 7) is 0. The first-order valence-electron chi connectivity index (χ1n) is 5.21. The van der Waals surface area contributed by atoms with Gasteiger partial charge in [0.15, 0.2) is 4.67 Å². The van der Waals surface area contributed by atoms with Crippen molar-refractivity contribution in [3.63, 3.8) is 0 Å². The molecule has 0 aliphatic heterocycles. The van der Waals surface area contributed by atoms with Crippen LogP contribution < -0.4 is 0 Å². The van der Waals surface area contributed by atoms with Crippen LogP contribution in [0, 0.1) is 0 Å². The van der Waals surface area contributed by atoms with Crippen molar-refractivity contribution in [1.29, 1.82) is 0 Å². The molecule has 2 aromatic heterocycles. The highest BCUT2D eigenvalue weighted by molar-refractivity contribution is 9.10. The van der Waals surface area contributed by atoms with E-state index < -0.39 is 0 Å². The summed E-state index contributed by atoms with van der Waals surface area (Å²) in [5.74, 6) is 0.753. The lowest BCUT2D eigenvalue weighted by atomic mass is 10.1. The molecule has 1 unspecified atom stereocenters. The highest BCUT2D eigenvalue weighted by Gasteiger charge is 2.19. The molecule has 0 bridgehead atoms. The fourth-order valence-corrected chi connectivity index (χ4v) is 4.20. The van der Waals surface area contributed by atoms with Crippen LogP contribution in [0.3, 0.4) is 0 Å². The minimum absolute atomic E-state index is 0.264. The molecule has 1 atom stereocenters. The van der Waals surface area contributed by atoms with E-state index in [4.69, 9.17) is 16.0 Å². The zero-order valence-corrected chi connectivity index (χ0v) is 13.7. The first-order chi connectivity index (χ1) is 8.66. The van der Waals surface area contributed by atoms with E-state index in [-0.39, 0.29) is 5.38 Å². The molecule has 0 fully saturated rings. The average Bonchev–Trinajstić information content (AvgIpc) is 2.95. The molecule has 0 aliphatic rings. The third-order valence-corrected chi connectivity index (χ3v) is 5.55. The Bertz CT molecular complexity index is 704. The van der Waals surface area contributed by atoms with Crippen molar-refractivity contribution < 1.29 is 4.42 Å². The fourth-order valence-electron chi connectivity index (χ4n) is 1.86. The Morgan fingerprint density at radius 3 is 2.72 bits per heavy atom. The Kier molecular flexibility index (Phi) is 3.54. The Morgan fingerprint density at radius 1 is 1.17 bits per heavy atom. The molecule has 18 heavy (non-hydrogen) atoms. The molecule has 3 rings (SSSR count). The lowest BCUT2D eigenvalue weighted by molar-refractivity contribution is 0.494. The SMILES string of the molecule is ClC(c1ccc(Br)o1)c1csc2c(Br)cccc12. The number of furan rings is 1. The van der Waals surface area contributed by atoms with Crippen molar-refractivity contribution in [2.45, 2.75) is 5.38 Å². The van der Waals surface area contributed by atoms with E-state index in [1.807, 2.05) is 24.3 Å². The van der Waals surface area contributed by atoms with Gasteiger partial charge >= 0.3 is 0 Å². The summed E-state index contributed by atoms with van der Waals surface area (Å²) < 4.78 is 8.53. The molecule has 2 heterocycles. The maximum Gasteiger partial charge on any atom is 0.169 e. The number of thiophene rings is 1. The minimum Gasteiger partial charge on any atom is -0.452 e. The zero-order valence-electron chi connectivity index (χ0n) is 8.99. The first kappa shape index (κ1) is 12.7. The van der Waals surface area contributed by atoms with Crippen molar-refractivity contribution >= 4 is 64.9 Å². The maximum absolute atomic E-state index is 6.49. The lowest BCUT2D eigenvalue weighted by Gasteiger charge is -2.05. The predicted octanol–water partition coefficient (Wildman–Crippen LogP) is 6.35. The van der Waals surface area contributed by atoms with E-state index in [0.29, 0.717) is 4.67 Å². The van der Waals surface area contributed by atoms with Crippen LogP contribution in [0.25, 0.3) is 10.1 Å². The zero-order chi connectivity index (χ0) is 12.7. The molecule has 0 spiro atoms. The van der Waals surface area contributed by atoms with Crippen LogP contribution in [0.5, 0.6) is 0 Å². The van der Waals surface area contributed by atoms with E-state index in [2.05, 4.69) is 43.3 Å². The summed E-state index contributed by atoms with van der Waals surface area (Å²) in [6.07, 6.45) is 0. The molecule has 0 saturated carbocycles. The second-order valence-corrected chi connectivity index (χ2v) is 6.76. The van der Waals surface area contributed by atoms with Crippen molar-refractivity contribution in [2.24, 2.45) is 0 Å². The lowest BCUT2D eigenvalue weighted by Crippen LogP contribution is -1.89. The molecule has 1 nitrogen and oxygen atoms in total. The van der Waals surface area contributed by atoms with Crippen molar-refractivity contribution in [1.82, 2.24) is 0 Å². The van der Waals surface area contributed by atoms with Gasteiger partial charge in [-0.3, -0.25) is 0 Å². The van der Waals surface area contributed by atoms with Gasteiger partial charge in [0.2, 0.25) is 0 Å². The third kappa shape index (κ3) is 2.16. The molecular formula is C13H7Br2ClOS. The van der Waals surface area contributed by atoms with Crippen LogP contribution in [0.4, 0.5) is 0 Å². The van der Waals surface area contributed by atoms with Gasteiger partial charge in [-0.05, 0) is 66.4 Å². The van der Waals surface area contributed by atoms with Crippen molar-refractivity contribution in [3.05, 3.63) is 56.2 Å². The largest absolute Gasteiger partial charge is 0.452 e. The molecule has 0 N–H and O–H groups in total. The summed E-state index contributed by atoms with van der Waals surface area (Å²) >= 11 is 15.0. The Labute approximate surface area is 130 Å². The normalized spacial score (nSPS) is 13.1. The summed E-state index contributed by atoms with van der Waals surface area (Å²) in [5, 5.41) is 2.99. The fraction of sp³-hybridized carbons (Fsp3) is 0.0769. The minimum atomic E-state index is -0.264. The quantitative estimate of drug-likeness (QED) is 0.452. The van der Waals surface area contributed by atoms with Crippen LogP contribution >= 0.6 is 54.8 Å². The van der Waals surface area contributed by atoms with Crippen LogP contribution in [0.2, 0.25) is 0 Å². The van der Waals surface area contributed by atoms with Gasteiger partial charge in [-0.1, -0.05) is 12.1 Å². The van der Waals surface area contributed by atoms with Crippen LogP contribution in [-0.2, 0) is 0 Å². The molecule has 5 heteroatoms. The number of fused-ring (bicyclic) bond motifs is 1. The molecular weight excluding hydrogens is 399 g/mol. The third-order valence-electron chi connectivity index (χ3n) is 2.70. The van der Waals surface area contributed by atoms with Gasteiger partial charge in [-0.2, -0.15) is 0 Å². The average molecular weight is 407 g/mol. The van der Waals surface area contributed by atoms with Gasteiger partial charge in [0.1, 0.15) is 11.1 Å². The van der Waals surface area contributed by atoms with Gasteiger partial charge in [0.25, 0.3) is 0 Å². The molecule has 92 valence electrons. The molecule has 0 aliphatic carbocycles. The molecule has 3 aromatic rings. The second-order valence-electron chi connectivity index (χ2n) is 3.81. The molecule has 1 aromatic carbocycles. The Hall–Kier alpha value is -0.290.